The smallest absolute Gasteiger partial charge is 0.350 e. The maximum absolute atomic E-state index is 11.7. The molecule has 0 aliphatic carbocycles. The van der Waals surface area contributed by atoms with E-state index in [9.17, 15) is 9.90 Å². The van der Waals surface area contributed by atoms with E-state index in [-0.39, 0.29) is 11.7 Å². The number of carbonyl (C=O) groups is 1. The Labute approximate surface area is 137 Å². The average Bonchev–Trinajstić information content (AvgIpc) is 2.89. The highest BCUT2D eigenvalue weighted by molar-refractivity contribution is 7.17. The number of aryl methyl sites for hydroxylation is 1. The molecule has 0 spiro atoms. The summed E-state index contributed by atoms with van der Waals surface area (Å²) in [7, 11) is 1.48. The maximum atomic E-state index is 11.7. The first-order chi connectivity index (χ1) is 11.0. The van der Waals surface area contributed by atoms with Crippen molar-refractivity contribution in [3.8, 4) is 11.5 Å². The van der Waals surface area contributed by atoms with Gasteiger partial charge in [0.25, 0.3) is 0 Å². The van der Waals surface area contributed by atoms with Gasteiger partial charge in [-0.05, 0) is 37.6 Å². The second kappa shape index (κ2) is 7.59. The molecule has 2 rings (SSSR count). The minimum Gasteiger partial charge on any atom is -0.504 e. The fourth-order valence-corrected chi connectivity index (χ4v) is 2.59. The van der Waals surface area contributed by atoms with E-state index in [1.807, 2.05) is 0 Å². The van der Waals surface area contributed by atoms with Crippen LogP contribution in [0.5, 0.6) is 11.5 Å². The molecule has 0 aliphatic heterocycles. The molecule has 0 radical (unpaired) electrons. The second-order valence-corrected chi connectivity index (χ2v) is 5.45. The largest absolute Gasteiger partial charge is 0.504 e. The second-order valence-electron chi connectivity index (χ2n) is 4.46. The summed E-state index contributed by atoms with van der Waals surface area (Å²) in [6.45, 7) is 3.80. The minimum atomic E-state index is -0.389. The third-order valence-electron chi connectivity index (χ3n) is 2.83. The van der Waals surface area contributed by atoms with Crippen LogP contribution < -0.4 is 10.2 Å². The van der Waals surface area contributed by atoms with E-state index in [1.165, 1.54) is 30.7 Å². The Morgan fingerprint density at radius 1 is 1.52 bits per heavy atom. The standard InChI is InChI=1S/C15H17N3O4S/c1-4-22-14(20)13-9(2)17-15(23-13)18-16-8-10-5-6-12(21-3)11(19)7-10/h5-8,19H,4H2,1-3H3,(H,17,18)/b16-8-. The third-order valence-corrected chi connectivity index (χ3v) is 3.88. The number of phenolic OH excluding ortho intramolecular Hbond substituents is 1. The first-order valence-corrected chi connectivity index (χ1v) is 7.67. The van der Waals surface area contributed by atoms with Crippen molar-refractivity contribution < 1.29 is 19.4 Å². The Hall–Kier alpha value is -2.61. The van der Waals surface area contributed by atoms with Gasteiger partial charge in [-0.2, -0.15) is 5.10 Å². The number of nitrogens with one attached hydrogen (secondary N) is 1. The number of benzene rings is 1. The molecule has 0 saturated heterocycles. The first-order valence-electron chi connectivity index (χ1n) is 6.85. The predicted octanol–water partition coefficient (Wildman–Crippen LogP) is 2.79. The van der Waals surface area contributed by atoms with Crippen LogP contribution in [0.15, 0.2) is 23.3 Å². The molecule has 2 N–H and O–H groups in total. The number of aromatic nitrogens is 1. The number of aromatic hydroxyl groups is 1. The summed E-state index contributed by atoms with van der Waals surface area (Å²) in [6, 6.07) is 4.92. The van der Waals surface area contributed by atoms with Crippen LogP contribution in [-0.4, -0.2) is 36.0 Å². The quantitative estimate of drug-likeness (QED) is 0.479. The lowest BCUT2D eigenvalue weighted by Crippen LogP contribution is -2.03. The van der Waals surface area contributed by atoms with Crippen LogP contribution in [-0.2, 0) is 4.74 Å². The molecule has 1 aromatic heterocycles. The van der Waals surface area contributed by atoms with Gasteiger partial charge in [-0.1, -0.05) is 11.3 Å². The van der Waals surface area contributed by atoms with Gasteiger partial charge in [-0.15, -0.1) is 0 Å². The number of hydrazone groups is 1. The summed E-state index contributed by atoms with van der Waals surface area (Å²) in [5, 5.41) is 14.2. The number of esters is 1. The number of phenols is 1. The van der Waals surface area contributed by atoms with E-state index in [0.29, 0.717) is 33.6 Å². The molecule has 0 fully saturated rings. The van der Waals surface area contributed by atoms with Crippen LogP contribution >= 0.6 is 11.3 Å². The molecule has 0 aliphatic rings. The van der Waals surface area contributed by atoms with Crippen molar-refractivity contribution in [1.82, 2.24) is 4.98 Å². The molecule has 0 atom stereocenters. The Morgan fingerprint density at radius 3 is 2.96 bits per heavy atom. The van der Waals surface area contributed by atoms with Gasteiger partial charge in [0.2, 0.25) is 5.13 Å². The van der Waals surface area contributed by atoms with Crippen molar-refractivity contribution in [3.63, 3.8) is 0 Å². The van der Waals surface area contributed by atoms with Crippen molar-refractivity contribution in [2.75, 3.05) is 19.1 Å². The van der Waals surface area contributed by atoms with Gasteiger partial charge in [0.15, 0.2) is 11.5 Å². The number of nitrogens with zero attached hydrogens (tertiary/aromatic N) is 2. The molecule has 7 nitrogen and oxygen atoms in total. The number of hydrogen-bond acceptors (Lipinski definition) is 8. The molecule has 23 heavy (non-hydrogen) atoms. The summed E-state index contributed by atoms with van der Waals surface area (Å²) >= 11 is 1.17. The normalized spacial score (nSPS) is 10.7. The van der Waals surface area contributed by atoms with Crippen molar-refractivity contribution in [3.05, 3.63) is 34.3 Å². The van der Waals surface area contributed by atoms with E-state index in [1.54, 1.807) is 26.0 Å². The maximum Gasteiger partial charge on any atom is 0.350 e. The summed E-state index contributed by atoms with van der Waals surface area (Å²) in [6.07, 6.45) is 1.53. The van der Waals surface area contributed by atoms with E-state index >= 15 is 0 Å². The van der Waals surface area contributed by atoms with Crippen molar-refractivity contribution in [2.24, 2.45) is 5.10 Å². The van der Waals surface area contributed by atoms with Gasteiger partial charge >= 0.3 is 5.97 Å². The zero-order chi connectivity index (χ0) is 16.8. The summed E-state index contributed by atoms with van der Waals surface area (Å²) in [5.74, 6) is 0.0375. The number of carbonyl (C=O) groups excluding carboxylic acids is 1. The van der Waals surface area contributed by atoms with Crippen LogP contribution in [0.2, 0.25) is 0 Å². The number of hydrogen-bond donors (Lipinski definition) is 2. The average molecular weight is 335 g/mol. The van der Waals surface area contributed by atoms with Gasteiger partial charge < -0.3 is 14.6 Å². The number of anilines is 1. The molecule has 0 bridgehead atoms. The number of methoxy groups -OCH3 is 1. The van der Waals surface area contributed by atoms with Crippen LogP contribution in [0.4, 0.5) is 5.13 Å². The highest BCUT2D eigenvalue weighted by Crippen LogP contribution is 2.26. The molecule has 1 heterocycles. The molecule has 0 saturated carbocycles. The van der Waals surface area contributed by atoms with Crippen LogP contribution in [0.25, 0.3) is 0 Å². The van der Waals surface area contributed by atoms with Gasteiger partial charge in [0, 0.05) is 0 Å². The van der Waals surface area contributed by atoms with Gasteiger partial charge in [-0.3, -0.25) is 5.43 Å². The lowest BCUT2D eigenvalue weighted by atomic mass is 10.2. The monoisotopic (exact) mass is 335 g/mol. The number of rotatable bonds is 6. The van der Waals surface area contributed by atoms with Crippen molar-refractivity contribution in [2.45, 2.75) is 13.8 Å². The minimum absolute atomic E-state index is 0.0335. The zero-order valence-corrected chi connectivity index (χ0v) is 13.8. The van der Waals surface area contributed by atoms with Gasteiger partial charge in [-0.25, -0.2) is 9.78 Å². The Morgan fingerprint density at radius 2 is 2.30 bits per heavy atom. The van der Waals surface area contributed by atoms with E-state index in [2.05, 4.69) is 15.5 Å². The van der Waals surface area contributed by atoms with Crippen molar-refractivity contribution >= 4 is 28.7 Å². The fourth-order valence-electron chi connectivity index (χ4n) is 1.78. The molecule has 0 amide bonds. The lowest BCUT2D eigenvalue weighted by molar-refractivity contribution is 0.0531. The topological polar surface area (TPSA) is 93.0 Å². The lowest BCUT2D eigenvalue weighted by Gasteiger charge is -2.02. The Balaban J connectivity index is 2.04. The molecule has 8 heteroatoms. The van der Waals surface area contributed by atoms with E-state index < -0.39 is 0 Å². The Bertz CT molecular complexity index is 728. The third kappa shape index (κ3) is 4.19. The summed E-state index contributed by atoms with van der Waals surface area (Å²) < 4.78 is 9.93. The predicted molar refractivity (Wildman–Crippen MR) is 88.7 cm³/mol. The molecule has 2 aromatic rings. The molecule has 0 unspecified atom stereocenters. The highest BCUT2D eigenvalue weighted by atomic mass is 32.1. The van der Waals surface area contributed by atoms with Crippen LogP contribution in [0.1, 0.15) is 27.9 Å². The highest BCUT2D eigenvalue weighted by Gasteiger charge is 2.15. The zero-order valence-electron chi connectivity index (χ0n) is 13.0. The number of ether oxygens (including phenoxy) is 2. The van der Waals surface area contributed by atoms with E-state index in [0.717, 1.165) is 0 Å². The van der Waals surface area contributed by atoms with Gasteiger partial charge in [0.05, 0.1) is 25.6 Å². The summed E-state index contributed by atoms with van der Waals surface area (Å²) in [4.78, 5) is 16.4. The fraction of sp³-hybridized carbons (Fsp3) is 0.267. The Kier molecular flexibility index (Phi) is 5.53. The number of thiazole rings is 1. The molecule has 1 aromatic carbocycles. The van der Waals surface area contributed by atoms with Crippen molar-refractivity contribution in [1.29, 1.82) is 0 Å². The molecular weight excluding hydrogens is 318 g/mol. The van der Waals surface area contributed by atoms with Crippen LogP contribution in [0.3, 0.4) is 0 Å². The molecular formula is C15H17N3O4S. The van der Waals surface area contributed by atoms with E-state index in [4.69, 9.17) is 9.47 Å². The first kappa shape index (κ1) is 16.8. The molecule has 122 valence electrons. The summed E-state index contributed by atoms with van der Waals surface area (Å²) in [5.41, 5.74) is 4.04. The SMILES string of the molecule is CCOC(=O)c1sc(N/N=C\c2ccc(OC)c(O)c2)nc1C. The van der Waals surface area contributed by atoms with Gasteiger partial charge in [0.1, 0.15) is 4.88 Å². The van der Waals surface area contributed by atoms with Crippen LogP contribution in [0, 0.1) is 6.92 Å².